The van der Waals surface area contributed by atoms with Gasteiger partial charge in [-0.25, -0.2) is 0 Å². The van der Waals surface area contributed by atoms with E-state index in [1.807, 2.05) is 28.4 Å². The summed E-state index contributed by atoms with van der Waals surface area (Å²) in [4.78, 5) is 5.24. The van der Waals surface area contributed by atoms with Gasteiger partial charge in [-0.2, -0.15) is 0 Å². The van der Waals surface area contributed by atoms with E-state index in [1.54, 1.807) is 0 Å². The van der Waals surface area contributed by atoms with Crippen LogP contribution in [-0.2, 0) is 6.42 Å². The molecule has 3 aliphatic carbocycles. The van der Waals surface area contributed by atoms with Crippen molar-refractivity contribution in [1.82, 2.24) is 9.80 Å². The summed E-state index contributed by atoms with van der Waals surface area (Å²) < 4.78 is 24.9. The first-order valence-corrected chi connectivity index (χ1v) is 34.0. The van der Waals surface area contributed by atoms with Gasteiger partial charge in [0.25, 0.3) is 0 Å². The van der Waals surface area contributed by atoms with Gasteiger partial charge in [-0.15, -0.1) is 0 Å². The summed E-state index contributed by atoms with van der Waals surface area (Å²) in [6.45, 7) is 16.0. The summed E-state index contributed by atoms with van der Waals surface area (Å²) in [5.41, 5.74) is 14.7. The molecule has 6 unspecified atom stereocenters. The third kappa shape index (κ3) is 11.6. The van der Waals surface area contributed by atoms with Crippen LogP contribution >= 0.6 is 15.8 Å². The zero-order valence-electron chi connectivity index (χ0n) is 52.8. The number of ether oxygens (including phenoxy) is 4. The van der Waals surface area contributed by atoms with Crippen LogP contribution in [0.2, 0.25) is 0 Å². The van der Waals surface area contributed by atoms with Crippen LogP contribution in [0.3, 0.4) is 0 Å². The van der Waals surface area contributed by atoms with Gasteiger partial charge in [-0.1, -0.05) is 99.5 Å². The molecule has 3 saturated carbocycles. The summed E-state index contributed by atoms with van der Waals surface area (Å²) in [5.74, 6) is 6.77. The average Bonchev–Trinajstić information content (AvgIpc) is 2.15. The van der Waals surface area contributed by atoms with E-state index in [2.05, 4.69) is 190 Å². The first-order valence-electron chi connectivity index (χ1n) is 31.2. The van der Waals surface area contributed by atoms with Gasteiger partial charge >= 0.3 is 0 Å². The smallest absolute Gasteiger partial charge is 0.125 e. The van der Waals surface area contributed by atoms with E-state index >= 15 is 0 Å². The van der Waals surface area contributed by atoms with Crippen molar-refractivity contribution in [3.8, 4) is 23.0 Å². The molecule has 10 atom stereocenters. The molecule has 1 spiro atoms. The van der Waals surface area contributed by atoms with Gasteiger partial charge in [0.05, 0.1) is 28.4 Å². The molecule has 3 fully saturated rings. The Bertz CT molecular complexity index is 3060. The first-order chi connectivity index (χ1) is 39.5. The van der Waals surface area contributed by atoms with Gasteiger partial charge < -0.3 is 28.7 Å². The fraction of sp³-hybridized carbons (Fsp3) is 0.514. The van der Waals surface area contributed by atoms with Crippen LogP contribution < -0.4 is 40.2 Å². The molecule has 6 aromatic rings. The number of aryl methyl sites for hydroxylation is 7. The molecule has 438 valence electrons. The number of hydrogen-bond donors (Lipinski definition) is 0. The van der Waals surface area contributed by atoms with Crippen molar-refractivity contribution in [2.45, 2.75) is 161 Å². The summed E-state index contributed by atoms with van der Waals surface area (Å²) in [5, 5.41) is 6.03. The van der Waals surface area contributed by atoms with Gasteiger partial charge in [-0.05, 0) is 297 Å². The van der Waals surface area contributed by atoms with Gasteiger partial charge in [0.15, 0.2) is 0 Å². The number of methoxy groups -OCH3 is 4. The lowest BCUT2D eigenvalue weighted by molar-refractivity contribution is 0.121. The second-order valence-corrected chi connectivity index (χ2v) is 31.0. The third-order valence-electron chi connectivity index (χ3n) is 20.5. The molecule has 4 aliphatic rings. The lowest BCUT2D eigenvalue weighted by Gasteiger charge is -2.53. The Morgan fingerprint density at radius 2 is 1.06 bits per heavy atom. The van der Waals surface area contributed by atoms with Gasteiger partial charge in [-0.3, -0.25) is 0 Å². The van der Waals surface area contributed by atoms with Crippen LogP contribution in [-0.4, -0.2) is 77.2 Å². The number of fused-ring (bicyclic) bond motifs is 11. The maximum Gasteiger partial charge on any atom is 0.125 e. The fourth-order valence-electron chi connectivity index (χ4n) is 17.8. The Morgan fingerprint density at radius 1 is 0.524 bits per heavy atom. The highest BCUT2D eigenvalue weighted by Gasteiger charge is 2.57. The summed E-state index contributed by atoms with van der Waals surface area (Å²) in [7, 11) is 15.2. The van der Waals surface area contributed by atoms with E-state index in [0.29, 0.717) is 41.3 Å². The van der Waals surface area contributed by atoms with Crippen LogP contribution in [0.4, 0.5) is 0 Å². The van der Waals surface area contributed by atoms with Crippen LogP contribution in [0.15, 0.2) is 103 Å². The van der Waals surface area contributed by atoms with Crippen molar-refractivity contribution < 1.29 is 18.9 Å². The predicted molar refractivity (Wildman–Crippen MR) is 350 cm³/mol. The second-order valence-electron chi connectivity index (χ2n) is 26.1. The van der Waals surface area contributed by atoms with Crippen LogP contribution in [0.25, 0.3) is 0 Å². The fourth-order valence-corrected chi connectivity index (χ4v) is 25.4. The van der Waals surface area contributed by atoms with Crippen molar-refractivity contribution in [3.63, 3.8) is 0 Å². The van der Waals surface area contributed by atoms with E-state index < -0.39 is 15.8 Å². The minimum Gasteiger partial charge on any atom is -0.496 e. The molecule has 0 saturated heterocycles. The molecule has 82 heavy (non-hydrogen) atoms. The van der Waals surface area contributed by atoms with E-state index in [-0.39, 0.29) is 11.2 Å². The van der Waals surface area contributed by atoms with Crippen LogP contribution in [0, 0.1) is 78.1 Å². The summed E-state index contributed by atoms with van der Waals surface area (Å²) in [6, 6.07) is 42.5. The van der Waals surface area contributed by atoms with E-state index in [9.17, 15) is 0 Å². The van der Waals surface area contributed by atoms with Gasteiger partial charge in [0.1, 0.15) is 23.0 Å². The normalized spacial score (nSPS) is 25.4. The molecule has 10 rings (SSSR count). The molecule has 0 radical (unpaired) electrons. The third-order valence-corrected chi connectivity index (χ3v) is 26.7. The minimum atomic E-state index is -0.922. The standard InChI is InChI=1S/C74H98N2O4P2/c1-47-37-60(38-48(2)70(47)77-12)81(61-39-49(3)71(78-13)50(4)40-61)66-35-34-64-55-26-18-17-21-31-59(32-23-29-55)74(36-24-33-65(74)68(75(8)9)56-27-19-16-20-28-56)82(62-41-51(5)72(79-14)52(6)42-62)63-43-53(7)73(80-15)58(46-63)45-54-25-22-30-57(44-54)69(67(64)66)76(10)11/h16,19-20,22,25,27-28,30,37-44,46,55,59,64-69H,17-18,21,23-24,26,29,31-36,45H2,1-15H3/t55?,59?,64?,65-,66?,67-,68-,69-,74?,82?/m1/s1. The zero-order chi connectivity index (χ0) is 58.1. The molecule has 1 aliphatic heterocycles. The molecular weight excluding hydrogens is 1040 g/mol. The molecule has 6 bridgehead atoms. The lowest BCUT2D eigenvalue weighted by Crippen LogP contribution is -2.49. The Kier molecular flexibility index (Phi) is 19.1. The van der Waals surface area contributed by atoms with Crippen molar-refractivity contribution in [3.05, 3.63) is 164 Å². The Labute approximate surface area is 498 Å². The van der Waals surface area contributed by atoms with Crippen LogP contribution in [0.5, 0.6) is 23.0 Å². The van der Waals surface area contributed by atoms with E-state index in [0.717, 1.165) is 29.4 Å². The van der Waals surface area contributed by atoms with Gasteiger partial charge in [0.2, 0.25) is 0 Å². The number of hydrogen-bond acceptors (Lipinski definition) is 6. The highest BCUT2D eigenvalue weighted by atomic mass is 31.1. The number of rotatable bonds is 12. The van der Waals surface area contributed by atoms with Crippen molar-refractivity contribution in [2.75, 3.05) is 56.6 Å². The molecule has 6 nitrogen and oxygen atoms in total. The molecular formula is C74H98N2O4P2. The number of nitrogens with zero attached hydrogens (tertiary/aromatic N) is 2. The SMILES string of the molecule is COc1c(C)cc(P(c2cc(C)c(OC)c(C)c2)C2CCC3C4CCCCCC(CCC4)C4(CCC[C@@H]4[C@@H](c4ccccc4)N(C)C)P(c4cc(C)c(OC)c(C)c4)c4cc(C)c(OC)c(c4)Cc4cccc(c4)[C@@H](N(C)C)[C@H]32)cc1C. The Balaban J connectivity index is 1.22. The molecule has 0 amide bonds. The van der Waals surface area contributed by atoms with Crippen molar-refractivity contribution in [2.24, 2.45) is 29.6 Å². The maximum absolute atomic E-state index is 6.58. The lowest BCUT2D eigenvalue weighted by atomic mass is 9.70. The van der Waals surface area contributed by atoms with Gasteiger partial charge in [0, 0.05) is 23.7 Å². The first kappa shape index (κ1) is 60.4. The highest BCUT2D eigenvalue weighted by molar-refractivity contribution is 7.74. The predicted octanol–water partition coefficient (Wildman–Crippen LogP) is 16.3. The molecule has 6 aromatic carbocycles. The van der Waals surface area contributed by atoms with Crippen molar-refractivity contribution >= 4 is 37.1 Å². The average molecular weight is 1140 g/mol. The number of benzene rings is 6. The molecule has 0 N–H and O–H groups in total. The molecule has 8 heteroatoms. The van der Waals surface area contributed by atoms with E-state index in [1.165, 1.54) is 166 Å². The summed E-state index contributed by atoms with van der Waals surface area (Å²) in [6.07, 6.45) is 17.4. The van der Waals surface area contributed by atoms with E-state index in [4.69, 9.17) is 18.9 Å². The quantitative estimate of drug-likeness (QED) is 0.114. The minimum absolute atomic E-state index is 0.0323. The molecule has 0 aromatic heterocycles. The summed E-state index contributed by atoms with van der Waals surface area (Å²) >= 11 is 0. The second kappa shape index (κ2) is 25.9. The highest BCUT2D eigenvalue weighted by Crippen LogP contribution is 2.68. The topological polar surface area (TPSA) is 43.4 Å². The maximum atomic E-state index is 6.58. The van der Waals surface area contributed by atoms with Crippen molar-refractivity contribution in [1.29, 1.82) is 0 Å². The van der Waals surface area contributed by atoms with Crippen LogP contribution in [0.1, 0.15) is 157 Å². The molecule has 1 heterocycles. The zero-order valence-corrected chi connectivity index (χ0v) is 54.5. The largest absolute Gasteiger partial charge is 0.496 e. The Morgan fingerprint density at radius 3 is 1.63 bits per heavy atom. The Hall–Kier alpha value is -4.70. The monoisotopic (exact) mass is 1140 g/mol.